The fourth-order valence-corrected chi connectivity index (χ4v) is 7.75. The van der Waals surface area contributed by atoms with Gasteiger partial charge in [0.25, 0.3) is 0 Å². The highest BCUT2D eigenvalue weighted by molar-refractivity contribution is 6.30. The van der Waals surface area contributed by atoms with Crippen molar-refractivity contribution in [1.29, 1.82) is 0 Å². The van der Waals surface area contributed by atoms with E-state index in [0.717, 1.165) is 45.2 Å². The summed E-state index contributed by atoms with van der Waals surface area (Å²) in [4.78, 5) is 46.2. The van der Waals surface area contributed by atoms with Crippen LogP contribution in [0.5, 0.6) is 0 Å². The van der Waals surface area contributed by atoms with E-state index in [1.165, 1.54) is 0 Å². The molecule has 1 aromatic carbocycles. The molecule has 1 spiro atoms. The van der Waals surface area contributed by atoms with E-state index in [-0.39, 0.29) is 23.8 Å². The number of benzene rings is 1. The van der Waals surface area contributed by atoms with Gasteiger partial charge in [-0.25, -0.2) is 0 Å². The van der Waals surface area contributed by atoms with E-state index in [9.17, 15) is 14.4 Å². The Morgan fingerprint density at radius 3 is 2.59 bits per heavy atom. The summed E-state index contributed by atoms with van der Waals surface area (Å²) in [6, 6.07) is 6.20. The Bertz CT molecular complexity index is 1170. The van der Waals surface area contributed by atoms with Gasteiger partial charge in [0.15, 0.2) is 0 Å². The SMILES string of the molecule is CCCN(CCC)CCN1C(=O)[C@@H]2[C@H](C(=O)Nc3cccc(Cl)c3)[C@@H]3C=C[C@@]2(O3)[C@@H]1C(=O)N[C@@H]1CCC[C@@H](C)[C@H]1C. The summed E-state index contributed by atoms with van der Waals surface area (Å²) in [6.45, 7) is 11.7. The Hall–Kier alpha value is -2.42. The first-order chi connectivity index (χ1) is 19.7. The van der Waals surface area contributed by atoms with Gasteiger partial charge >= 0.3 is 0 Å². The lowest BCUT2D eigenvalue weighted by atomic mass is 9.73. The molecule has 3 aliphatic heterocycles. The first kappa shape index (κ1) is 30.1. The maximum Gasteiger partial charge on any atom is 0.246 e. The van der Waals surface area contributed by atoms with Crippen LogP contribution in [0, 0.1) is 23.7 Å². The number of hydrogen-bond donors (Lipinski definition) is 2. The average molecular weight is 585 g/mol. The van der Waals surface area contributed by atoms with Crippen LogP contribution >= 0.6 is 11.6 Å². The second kappa shape index (κ2) is 12.4. The van der Waals surface area contributed by atoms with Gasteiger partial charge < -0.3 is 25.2 Å². The standard InChI is InChI=1S/C32H45ClN4O4/c1-5-15-36(16-6-2)17-18-37-28(30(39)35-24-12-7-9-20(3)21(24)4)32-14-13-25(41-32)26(27(32)31(37)40)29(38)34-23-11-8-10-22(33)19-23/h8,10-11,13-14,19-21,24-28H,5-7,9,12,15-18H2,1-4H3,(H,34,38)(H,35,39)/t20-,21-,24-,25+,26-,27+,28+,32+/m1/s1. The molecule has 3 amide bonds. The molecule has 8 nitrogen and oxygen atoms in total. The van der Waals surface area contributed by atoms with Crippen molar-refractivity contribution in [2.75, 3.05) is 31.5 Å². The highest BCUT2D eigenvalue weighted by atomic mass is 35.5. The van der Waals surface area contributed by atoms with Gasteiger partial charge in [0.2, 0.25) is 17.7 Å². The van der Waals surface area contributed by atoms with Gasteiger partial charge in [-0.2, -0.15) is 0 Å². The largest absolute Gasteiger partial charge is 0.359 e. The molecule has 1 aliphatic carbocycles. The van der Waals surface area contributed by atoms with Gasteiger partial charge in [-0.3, -0.25) is 14.4 Å². The Balaban J connectivity index is 1.43. The molecule has 2 N–H and O–H groups in total. The molecule has 41 heavy (non-hydrogen) atoms. The van der Waals surface area contributed by atoms with Crippen LogP contribution < -0.4 is 10.6 Å². The summed E-state index contributed by atoms with van der Waals surface area (Å²) in [5.41, 5.74) is -0.596. The molecular formula is C32H45ClN4O4. The first-order valence-corrected chi connectivity index (χ1v) is 15.8. The van der Waals surface area contributed by atoms with E-state index in [0.29, 0.717) is 35.6 Å². The second-order valence-corrected chi connectivity index (χ2v) is 12.9. The molecule has 2 saturated heterocycles. The number of ether oxygens (including phenoxy) is 1. The van der Waals surface area contributed by atoms with Crippen LogP contribution in [0.25, 0.3) is 0 Å². The minimum Gasteiger partial charge on any atom is -0.359 e. The van der Waals surface area contributed by atoms with Crippen molar-refractivity contribution in [3.63, 3.8) is 0 Å². The first-order valence-electron chi connectivity index (χ1n) is 15.5. The number of fused-ring (bicyclic) bond motifs is 1. The van der Waals surface area contributed by atoms with Crippen LogP contribution in [-0.2, 0) is 19.1 Å². The third kappa shape index (κ3) is 5.67. The number of halogens is 1. The summed E-state index contributed by atoms with van der Waals surface area (Å²) in [5.74, 6) is -1.27. The number of anilines is 1. The number of amides is 3. The van der Waals surface area contributed by atoms with Gasteiger partial charge in [-0.05, 0) is 62.4 Å². The molecule has 1 saturated carbocycles. The lowest BCUT2D eigenvalue weighted by molar-refractivity contribution is -0.141. The number of carbonyl (C=O) groups is 3. The molecule has 2 bridgehead atoms. The quantitative estimate of drug-likeness (QED) is 0.374. The van der Waals surface area contributed by atoms with Crippen molar-refractivity contribution in [2.24, 2.45) is 23.7 Å². The van der Waals surface area contributed by atoms with Crippen LogP contribution in [-0.4, -0.2) is 77.5 Å². The van der Waals surface area contributed by atoms with Gasteiger partial charge in [0.1, 0.15) is 11.6 Å². The zero-order valence-corrected chi connectivity index (χ0v) is 25.5. The van der Waals surface area contributed by atoms with Crippen molar-refractivity contribution >= 4 is 35.0 Å². The van der Waals surface area contributed by atoms with E-state index in [2.05, 4.69) is 43.2 Å². The Morgan fingerprint density at radius 1 is 1.12 bits per heavy atom. The predicted octanol–water partition coefficient (Wildman–Crippen LogP) is 4.49. The summed E-state index contributed by atoms with van der Waals surface area (Å²) in [6.07, 6.45) is 8.38. The van der Waals surface area contributed by atoms with Crippen molar-refractivity contribution < 1.29 is 19.1 Å². The Labute approximate surface area is 249 Å². The summed E-state index contributed by atoms with van der Waals surface area (Å²) >= 11 is 6.14. The Morgan fingerprint density at radius 2 is 1.88 bits per heavy atom. The number of likely N-dealkylation sites (tertiary alicyclic amines) is 1. The number of nitrogens with one attached hydrogen (secondary N) is 2. The summed E-state index contributed by atoms with van der Waals surface area (Å²) in [7, 11) is 0. The van der Waals surface area contributed by atoms with Crippen LogP contribution in [0.4, 0.5) is 5.69 Å². The molecule has 3 heterocycles. The lowest BCUT2D eigenvalue weighted by Crippen LogP contribution is -2.58. The number of carbonyl (C=O) groups excluding carboxylic acids is 3. The van der Waals surface area contributed by atoms with Crippen molar-refractivity contribution in [3.05, 3.63) is 41.4 Å². The van der Waals surface area contributed by atoms with Crippen LogP contribution in [0.1, 0.15) is 59.8 Å². The van der Waals surface area contributed by atoms with Gasteiger partial charge in [0.05, 0.1) is 17.9 Å². The zero-order chi connectivity index (χ0) is 29.3. The van der Waals surface area contributed by atoms with Crippen LogP contribution in [0.2, 0.25) is 5.02 Å². The molecule has 0 unspecified atom stereocenters. The van der Waals surface area contributed by atoms with Gasteiger partial charge in [-0.1, -0.05) is 70.4 Å². The highest BCUT2D eigenvalue weighted by Crippen LogP contribution is 2.55. The molecular weight excluding hydrogens is 540 g/mol. The minimum absolute atomic E-state index is 0.0554. The third-order valence-corrected chi connectivity index (χ3v) is 10.0. The normalized spacial score (nSPS) is 33.9. The van der Waals surface area contributed by atoms with E-state index in [1.54, 1.807) is 29.2 Å². The fraction of sp³-hybridized carbons (Fsp3) is 0.656. The van der Waals surface area contributed by atoms with Gasteiger partial charge in [-0.15, -0.1) is 0 Å². The molecule has 5 rings (SSSR count). The molecule has 8 atom stereocenters. The van der Waals surface area contributed by atoms with E-state index in [1.807, 2.05) is 12.2 Å². The molecule has 9 heteroatoms. The number of hydrogen-bond acceptors (Lipinski definition) is 5. The molecule has 0 aromatic heterocycles. The molecule has 0 radical (unpaired) electrons. The third-order valence-electron chi connectivity index (χ3n) is 9.79. The van der Waals surface area contributed by atoms with Crippen molar-refractivity contribution in [1.82, 2.24) is 15.1 Å². The monoisotopic (exact) mass is 584 g/mol. The maximum absolute atomic E-state index is 14.3. The smallest absolute Gasteiger partial charge is 0.246 e. The molecule has 224 valence electrons. The summed E-state index contributed by atoms with van der Waals surface area (Å²) < 4.78 is 6.52. The summed E-state index contributed by atoms with van der Waals surface area (Å²) in [5, 5.41) is 6.79. The van der Waals surface area contributed by atoms with E-state index < -0.39 is 29.6 Å². The lowest BCUT2D eigenvalue weighted by Gasteiger charge is -2.38. The zero-order valence-electron chi connectivity index (χ0n) is 24.8. The molecule has 3 fully saturated rings. The fourth-order valence-electron chi connectivity index (χ4n) is 7.56. The van der Waals surface area contributed by atoms with Crippen molar-refractivity contribution in [2.45, 2.75) is 83.6 Å². The topological polar surface area (TPSA) is 91.0 Å². The van der Waals surface area contributed by atoms with Crippen molar-refractivity contribution in [3.8, 4) is 0 Å². The molecule has 4 aliphatic rings. The van der Waals surface area contributed by atoms with Crippen LogP contribution in [0.3, 0.4) is 0 Å². The van der Waals surface area contributed by atoms with E-state index in [4.69, 9.17) is 16.3 Å². The highest BCUT2D eigenvalue weighted by Gasteiger charge is 2.72. The van der Waals surface area contributed by atoms with Crippen LogP contribution in [0.15, 0.2) is 36.4 Å². The Kier molecular flexibility index (Phi) is 9.12. The van der Waals surface area contributed by atoms with E-state index >= 15 is 0 Å². The maximum atomic E-state index is 14.3. The molecule has 1 aromatic rings. The number of rotatable bonds is 11. The number of nitrogens with zero attached hydrogens (tertiary/aromatic N) is 2. The second-order valence-electron chi connectivity index (χ2n) is 12.5. The average Bonchev–Trinajstić information content (AvgIpc) is 3.57. The predicted molar refractivity (Wildman–Crippen MR) is 160 cm³/mol. The minimum atomic E-state index is -1.16. The van der Waals surface area contributed by atoms with Gasteiger partial charge in [0, 0.05) is 29.8 Å².